The van der Waals surface area contributed by atoms with Crippen LogP contribution in [0.15, 0.2) is 47.4 Å². The Morgan fingerprint density at radius 2 is 1.87 bits per heavy atom. The molecule has 0 aliphatic carbocycles. The Morgan fingerprint density at radius 3 is 2.57 bits per heavy atom. The van der Waals surface area contributed by atoms with Crippen LogP contribution in [0.4, 0.5) is 5.69 Å². The van der Waals surface area contributed by atoms with Gasteiger partial charge in [0.2, 0.25) is 15.9 Å². The monoisotopic (exact) mass is 432 g/mol. The molecule has 0 radical (unpaired) electrons. The van der Waals surface area contributed by atoms with Gasteiger partial charge in [0.1, 0.15) is 0 Å². The van der Waals surface area contributed by atoms with E-state index < -0.39 is 15.9 Å². The second kappa shape index (κ2) is 9.49. The number of hydrogen-bond acceptors (Lipinski definition) is 5. The lowest BCUT2D eigenvalue weighted by Gasteiger charge is -2.31. The molecular weight excluding hydrogens is 404 g/mol. The Kier molecular flexibility index (Phi) is 6.99. The van der Waals surface area contributed by atoms with Crippen LogP contribution in [0.2, 0.25) is 0 Å². The highest BCUT2D eigenvalue weighted by Gasteiger charge is 2.34. The minimum Gasteiger partial charge on any atom is -0.493 e. The minimum atomic E-state index is -3.75. The number of rotatable bonds is 7. The summed E-state index contributed by atoms with van der Waals surface area (Å²) >= 11 is 0. The van der Waals surface area contributed by atoms with Crippen LogP contribution in [-0.2, 0) is 21.2 Å². The van der Waals surface area contributed by atoms with Crippen molar-refractivity contribution in [1.82, 2.24) is 4.31 Å². The molecule has 0 aromatic heterocycles. The second-order valence-electron chi connectivity index (χ2n) is 7.22. The number of piperidine rings is 1. The van der Waals surface area contributed by atoms with Gasteiger partial charge in [-0.05, 0) is 43.0 Å². The van der Waals surface area contributed by atoms with E-state index in [9.17, 15) is 13.2 Å². The number of nitrogens with one attached hydrogen (secondary N) is 1. The molecule has 1 fully saturated rings. The van der Waals surface area contributed by atoms with Crippen LogP contribution in [0.25, 0.3) is 0 Å². The molecule has 162 valence electrons. The molecule has 1 N–H and O–H groups in total. The summed E-state index contributed by atoms with van der Waals surface area (Å²) in [4.78, 5) is 13.0. The van der Waals surface area contributed by atoms with E-state index in [0.717, 1.165) is 17.7 Å². The number of nitrogens with zero attached hydrogens (tertiary/aromatic N) is 1. The molecule has 30 heavy (non-hydrogen) atoms. The van der Waals surface area contributed by atoms with Gasteiger partial charge < -0.3 is 14.8 Å². The molecular formula is C22H28N2O5S. The molecule has 2 aromatic rings. The van der Waals surface area contributed by atoms with Crippen LogP contribution in [-0.4, -0.2) is 45.9 Å². The van der Waals surface area contributed by atoms with Crippen molar-refractivity contribution in [2.75, 3.05) is 32.6 Å². The van der Waals surface area contributed by atoms with E-state index in [0.29, 0.717) is 30.9 Å². The number of benzene rings is 2. The number of amides is 1. The smallest absolute Gasteiger partial charge is 0.243 e. The van der Waals surface area contributed by atoms with E-state index in [4.69, 9.17) is 9.47 Å². The van der Waals surface area contributed by atoms with Gasteiger partial charge in [-0.3, -0.25) is 4.79 Å². The van der Waals surface area contributed by atoms with Crippen LogP contribution in [0.1, 0.15) is 25.3 Å². The molecule has 0 bridgehead atoms. The van der Waals surface area contributed by atoms with Crippen LogP contribution >= 0.6 is 0 Å². The summed E-state index contributed by atoms with van der Waals surface area (Å²) < 4.78 is 38.2. The normalized spacial score (nSPS) is 17.4. The van der Waals surface area contributed by atoms with Gasteiger partial charge in [0, 0.05) is 24.8 Å². The van der Waals surface area contributed by atoms with Crippen LogP contribution in [0.3, 0.4) is 0 Å². The third-order valence-electron chi connectivity index (χ3n) is 5.40. The molecule has 1 heterocycles. The van der Waals surface area contributed by atoms with Gasteiger partial charge in [0.15, 0.2) is 11.5 Å². The lowest BCUT2D eigenvalue weighted by molar-refractivity contribution is -0.120. The Balaban J connectivity index is 1.77. The third-order valence-corrected chi connectivity index (χ3v) is 7.26. The minimum absolute atomic E-state index is 0.123. The number of carbonyl (C=O) groups is 1. The molecule has 7 nitrogen and oxygen atoms in total. The zero-order valence-corrected chi connectivity index (χ0v) is 18.4. The maximum absolute atomic E-state index is 13.2. The highest BCUT2D eigenvalue weighted by molar-refractivity contribution is 7.89. The summed E-state index contributed by atoms with van der Waals surface area (Å²) in [7, 11) is -0.795. The number of hydrogen-bond donors (Lipinski definition) is 1. The van der Waals surface area contributed by atoms with Crippen molar-refractivity contribution in [3.05, 3.63) is 48.0 Å². The number of para-hydroxylation sites is 1. The van der Waals surface area contributed by atoms with Gasteiger partial charge >= 0.3 is 0 Å². The molecule has 0 saturated carbocycles. The van der Waals surface area contributed by atoms with Gasteiger partial charge in [-0.1, -0.05) is 25.1 Å². The molecule has 0 unspecified atom stereocenters. The second-order valence-corrected chi connectivity index (χ2v) is 9.16. The first-order valence-electron chi connectivity index (χ1n) is 10.0. The fourth-order valence-electron chi connectivity index (χ4n) is 3.69. The third kappa shape index (κ3) is 4.60. The first-order chi connectivity index (χ1) is 14.4. The molecule has 8 heteroatoms. The summed E-state index contributed by atoms with van der Waals surface area (Å²) in [6.45, 7) is 2.56. The van der Waals surface area contributed by atoms with E-state index in [1.807, 2.05) is 31.2 Å². The number of methoxy groups -OCH3 is 2. The summed E-state index contributed by atoms with van der Waals surface area (Å²) in [5.74, 6) is 0.254. The number of carbonyl (C=O) groups excluding carboxylic acids is 1. The van der Waals surface area contributed by atoms with Crippen LogP contribution < -0.4 is 14.8 Å². The summed E-state index contributed by atoms with van der Waals surface area (Å²) in [5.41, 5.74) is 1.83. The maximum atomic E-state index is 13.2. The fraction of sp³-hybridized carbons (Fsp3) is 0.409. The number of anilines is 1. The van der Waals surface area contributed by atoms with Crippen molar-refractivity contribution in [2.45, 2.75) is 31.1 Å². The Hall–Kier alpha value is -2.58. The van der Waals surface area contributed by atoms with E-state index in [-0.39, 0.29) is 17.3 Å². The average molecular weight is 433 g/mol. The topological polar surface area (TPSA) is 84.9 Å². The van der Waals surface area contributed by atoms with Gasteiger partial charge in [0.25, 0.3) is 0 Å². The fourth-order valence-corrected chi connectivity index (χ4v) is 5.23. The molecule has 1 atom stereocenters. The van der Waals surface area contributed by atoms with E-state index in [1.165, 1.54) is 30.7 Å². The summed E-state index contributed by atoms with van der Waals surface area (Å²) in [6.07, 6.45) is 2.08. The van der Waals surface area contributed by atoms with Crippen molar-refractivity contribution >= 4 is 21.6 Å². The van der Waals surface area contributed by atoms with E-state index in [2.05, 4.69) is 5.32 Å². The predicted molar refractivity (Wildman–Crippen MR) is 115 cm³/mol. The molecule has 1 aliphatic rings. The van der Waals surface area contributed by atoms with Crippen molar-refractivity contribution < 1.29 is 22.7 Å². The standard InChI is InChI=1S/C22H28N2O5S/c1-4-16-8-5-6-10-19(16)23-22(25)17-9-7-13-24(15-17)30(26,27)18-11-12-20(28-2)21(14-18)29-3/h5-6,8,10-12,14,17H,4,7,9,13,15H2,1-3H3,(H,23,25)/t17-/m1/s1. The highest BCUT2D eigenvalue weighted by Crippen LogP contribution is 2.32. The first kappa shape index (κ1) is 22.1. The molecule has 1 amide bonds. The van der Waals surface area contributed by atoms with E-state index >= 15 is 0 Å². The van der Waals surface area contributed by atoms with Gasteiger partial charge in [-0.2, -0.15) is 4.31 Å². The Labute approximate surface area is 178 Å². The highest BCUT2D eigenvalue weighted by atomic mass is 32.2. The average Bonchev–Trinajstić information content (AvgIpc) is 2.78. The Morgan fingerprint density at radius 1 is 1.13 bits per heavy atom. The Bertz CT molecular complexity index is 1010. The van der Waals surface area contributed by atoms with Crippen LogP contribution in [0, 0.1) is 5.92 Å². The first-order valence-corrected chi connectivity index (χ1v) is 11.5. The van der Waals surface area contributed by atoms with Gasteiger partial charge in [0.05, 0.1) is 25.0 Å². The van der Waals surface area contributed by atoms with Crippen molar-refractivity contribution in [3.63, 3.8) is 0 Å². The zero-order valence-electron chi connectivity index (χ0n) is 17.6. The molecule has 3 rings (SSSR count). The van der Waals surface area contributed by atoms with Gasteiger partial charge in [-0.15, -0.1) is 0 Å². The summed E-state index contributed by atoms with van der Waals surface area (Å²) in [6, 6.07) is 12.2. The van der Waals surface area contributed by atoms with Crippen molar-refractivity contribution in [3.8, 4) is 11.5 Å². The lowest BCUT2D eigenvalue weighted by atomic mass is 9.98. The maximum Gasteiger partial charge on any atom is 0.243 e. The predicted octanol–water partition coefficient (Wildman–Crippen LogP) is 3.31. The van der Waals surface area contributed by atoms with E-state index in [1.54, 1.807) is 6.07 Å². The zero-order chi connectivity index (χ0) is 21.7. The quantitative estimate of drug-likeness (QED) is 0.726. The van der Waals surface area contributed by atoms with Crippen molar-refractivity contribution in [1.29, 1.82) is 0 Å². The molecule has 2 aromatic carbocycles. The number of ether oxygens (including phenoxy) is 2. The number of sulfonamides is 1. The molecule has 1 saturated heterocycles. The lowest BCUT2D eigenvalue weighted by Crippen LogP contribution is -2.43. The van der Waals surface area contributed by atoms with Crippen molar-refractivity contribution in [2.24, 2.45) is 5.92 Å². The molecule has 0 spiro atoms. The number of aryl methyl sites for hydroxylation is 1. The SMILES string of the molecule is CCc1ccccc1NC(=O)[C@@H]1CCCN(S(=O)(=O)c2ccc(OC)c(OC)c2)C1. The largest absolute Gasteiger partial charge is 0.493 e. The summed E-state index contributed by atoms with van der Waals surface area (Å²) in [5, 5.41) is 2.98. The van der Waals surface area contributed by atoms with Crippen LogP contribution in [0.5, 0.6) is 11.5 Å². The molecule has 1 aliphatic heterocycles. The van der Waals surface area contributed by atoms with Gasteiger partial charge in [-0.25, -0.2) is 8.42 Å².